The Morgan fingerprint density at radius 2 is 0.467 bits per heavy atom. The third kappa shape index (κ3) is 30.9. The van der Waals surface area contributed by atoms with Gasteiger partial charge in [0.15, 0.2) is 0 Å². The van der Waals surface area contributed by atoms with Gasteiger partial charge in [-0.05, 0) is 290 Å². The molecule has 0 unspecified atom stereocenters. The smallest absolute Gasteiger partial charge is 1.00 e. The van der Waals surface area contributed by atoms with Crippen molar-refractivity contribution in [3.8, 4) is 113 Å². The number of unbranched alkanes of at least 4 members (excludes halogenated alkanes) is 20. The van der Waals surface area contributed by atoms with Gasteiger partial charge in [0, 0.05) is 56.1 Å². The molecule has 14 aromatic carbocycles. The molecule has 0 fully saturated rings. The predicted octanol–water partition coefficient (Wildman–Crippen LogP) is 34.8. The van der Waals surface area contributed by atoms with E-state index in [1.165, 1.54) is 319 Å². The van der Waals surface area contributed by atoms with Crippen LogP contribution in [0.1, 0.15) is 348 Å². The van der Waals surface area contributed by atoms with Crippen molar-refractivity contribution in [2.24, 2.45) is 0 Å². The SMILES string of the molecule is C#Cc1ccc2c(c1)C(CCCCCCCC)(CCCCCCCC)c1cc(-c3ccc(N(c4ccc(-c5ccc(C(C)(C)C)cc5)cc4)c4ccc(-c5ccc(C(C)(C)C)cc5)cc4)cc3)ccc1-2.CCCCCCCCC1(CCCCCCCC)c2cc(C#C[Si](C)(C)C)ccc2-c2ccc(-c3ccc(N(c4ccc(-c5ccc(C(C)(C)C)cc5)cc4)c4ccc(-c5ccc(C(C)(C)C)cc5)cc4)cc3)cc21.O=CO[O-].[H-].[K+].[K+]. The second-order valence-corrected chi connectivity index (χ2v) is 52.1. The standard InChI is InChI=1S/C72H87NSi.C69H79N.CH2O3.2K.H/c1-12-14-16-18-20-22-49-72(50-23-21-19-17-15-13-2)68-52-54(48-51-74(9,10)11)24-46-66(68)67-47-35-60(53-69(67)72)59-33-44-65(45-34-59)73(63-40-29-57(30-41-63)55-25-36-61(37-26-55)70(3,4)5)64-42-31-58(32-43-64)56-27-38-62(39-28-56)71(6,7)8;1-10-13-15-17-19-21-47-69(48-22-20-18-16-14-11-2)65-49-51(12-3)23-45-63(65)64-46-34-57(50-66(64)69)56-32-43-62(44-33-56)70(60-39-28-54(29-40-60)52-24-35-58(36-25-52)67(4,5)6)61-41-30-55(31-42-61)53-26-37-59(38-27-53)68(7,8)9;2-1-4-3;;;/h24-47,52-53H,12-23,49-50H2,1-11H3;3,23-46,49-50H,10-11,13-22,47-48H2,1-2,4-9H3;1,3H;;;/q;;;2*+1;-1/p-1. The summed E-state index contributed by atoms with van der Waals surface area (Å²) in [5.41, 5.74) is 45.0. The molecule has 0 bridgehead atoms. The molecule has 0 aromatic heterocycles. The van der Waals surface area contributed by atoms with Crippen molar-refractivity contribution < 1.29 is 119 Å². The zero-order valence-corrected chi connectivity index (χ0v) is 102. The average Bonchev–Trinajstić information content (AvgIpc) is 1.56. The number of benzene rings is 14. The van der Waals surface area contributed by atoms with Crippen LogP contribution in [0.5, 0.6) is 0 Å². The zero-order valence-electron chi connectivity index (χ0n) is 96.1. The summed E-state index contributed by atoms with van der Waals surface area (Å²) >= 11 is 0. The third-order valence-corrected chi connectivity index (χ3v) is 32.0. The number of anilines is 6. The van der Waals surface area contributed by atoms with Crippen LogP contribution in [-0.2, 0) is 42.2 Å². The fourth-order valence-electron chi connectivity index (χ4n) is 22.3. The maximum Gasteiger partial charge on any atom is 1.00 e. The number of carbonyl (C=O) groups excluding carboxylic acids is 1. The summed E-state index contributed by atoms with van der Waals surface area (Å²) in [7, 11) is -1.54. The summed E-state index contributed by atoms with van der Waals surface area (Å²) in [6.45, 7) is 43.4. The second kappa shape index (κ2) is 55.7. The number of nitrogens with zero attached hydrogens (tertiary/aromatic N) is 2. The third-order valence-electron chi connectivity index (χ3n) is 31.1. The Morgan fingerprint density at radius 3 is 0.680 bits per heavy atom. The van der Waals surface area contributed by atoms with E-state index in [9.17, 15) is 0 Å². The molecule has 2 aliphatic rings. The molecule has 2 aliphatic carbocycles. The van der Waals surface area contributed by atoms with Crippen molar-refractivity contribution >= 4 is 48.7 Å². The van der Waals surface area contributed by atoms with Crippen LogP contribution in [0.25, 0.3) is 89.0 Å². The summed E-state index contributed by atoms with van der Waals surface area (Å²) < 4.78 is 0. The van der Waals surface area contributed by atoms with Gasteiger partial charge in [0.1, 0.15) is 8.07 Å². The molecule has 0 N–H and O–H groups in total. The van der Waals surface area contributed by atoms with Gasteiger partial charge in [-0.3, -0.25) is 4.79 Å². The molecule has 14 aromatic rings. The Morgan fingerprint density at radius 1 is 0.280 bits per heavy atom. The van der Waals surface area contributed by atoms with Gasteiger partial charge in [-0.2, -0.15) is 0 Å². The molecule has 8 heteroatoms. The molecule has 0 aliphatic heterocycles. The van der Waals surface area contributed by atoms with Crippen LogP contribution >= 0.6 is 0 Å². The van der Waals surface area contributed by atoms with E-state index in [-0.39, 0.29) is 143 Å². The Labute approximate surface area is 993 Å². The Kier molecular flexibility index (Phi) is 44.3. The number of hydrogen-bond donors (Lipinski definition) is 0. The van der Waals surface area contributed by atoms with E-state index in [2.05, 4.69) is 478 Å². The number of hydrogen-bond acceptors (Lipinski definition) is 5. The van der Waals surface area contributed by atoms with E-state index in [4.69, 9.17) is 16.5 Å². The van der Waals surface area contributed by atoms with Crippen LogP contribution in [0.2, 0.25) is 19.6 Å². The fourth-order valence-corrected chi connectivity index (χ4v) is 22.8. The van der Waals surface area contributed by atoms with E-state index in [1.54, 1.807) is 0 Å². The Hall–Kier alpha value is -9.28. The first kappa shape index (κ1) is 119. The molecule has 0 amide bonds. The fraction of sp³-hybridized carbons (Fsp3) is 0.373. The van der Waals surface area contributed by atoms with E-state index in [0.29, 0.717) is 0 Å². The van der Waals surface area contributed by atoms with Gasteiger partial charge >= 0.3 is 103 Å². The molecule has 0 saturated heterocycles. The summed E-state index contributed by atoms with van der Waals surface area (Å²) in [6, 6.07) is 120. The molecule has 150 heavy (non-hydrogen) atoms. The van der Waals surface area contributed by atoms with E-state index < -0.39 is 8.07 Å². The van der Waals surface area contributed by atoms with Crippen molar-refractivity contribution in [2.45, 2.75) is 343 Å². The molecule has 0 radical (unpaired) electrons. The van der Waals surface area contributed by atoms with E-state index in [1.807, 2.05) is 0 Å². The minimum absolute atomic E-state index is 0. The van der Waals surface area contributed by atoms with Gasteiger partial charge in [0.25, 0.3) is 6.47 Å². The Balaban J connectivity index is 0.000000271. The summed E-state index contributed by atoms with van der Waals surface area (Å²) in [5, 5.41) is 8.43. The maximum absolute atomic E-state index is 8.64. The molecule has 5 nitrogen and oxygen atoms in total. The maximum atomic E-state index is 8.64. The van der Waals surface area contributed by atoms with Crippen molar-refractivity contribution in [3.63, 3.8) is 0 Å². The van der Waals surface area contributed by atoms with Crippen LogP contribution < -0.4 is 118 Å². The van der Waals surface area contributed by atoms with Crippen LogP contribution in [0.3, 0.4) is 0 Å². The van der Waals surface area contributed by atoms with Crippen molar-refractivity contribution in [3.05, 3.63) is 371 Å². The Bertz CT molecular complexity index is 6500. The van der Waals surface area contributed by atoms with Gasteiger partial charge in [-0.1, -0.05) is 503 Å². The molecule has 0 spiro atoms. The van der Waals surface area contributed by atoms with Gasteiger partial charge in [0.2, 0.25) is 0 Å². The first-order chi connectivity index (χ1) is 71.2. The minimum Gasteiger partial charge on any atom is -1.00 e. The van der Waals surface area contributed by atoms with Crippen molar-refractivity contribution in [1.82, 2.24) is 0 Å². The number of terminal acetylenes is 1. The van der Waals surface area contributed by atoms with Gasteiger partial charge in [-0.25, -0.2) is 0 Å². The predicted molar refractivity (Wildman–Crippen MR) is 640 cm³/mol. The first-order valence-corrected chi connectivity index (χ1v) is 59.7. The molecular formula is C142H168K2N2O3Si. The quantitative estimate of drug-likeness (QED) is 0.00954. The minimum atomic E-state index is -1.54. The topological polar surface area (TPSA) is 55.8 Å². The van der Waals surface area contributed by atoms with Crippen LogP contribution in [-0.4, -0.2) is 14.5 Å². The number of rotatable bonds is 41. The summed E-state index contributed by atoms with van der Waals surface area (Å²) in [4.78, 5) is 16.1. The van der Waals surface area contributed by atoms with E-state index >= 15 is 0 Å². The normalized spacial score (nSPS) is 12.6. The monoisotopic (exact) mass is 2060 g/mol. The molecule has 0 saturated carbocycles. The van der Waals surface area contributed by atoms with Crippen molar-refractivity contribution in [1.29, 1.82) is 0 Å². The van der Waals surface area contributed by atoms with E-state index in [0.717, 1.165) is 39.7 Å². The molecular weight excluding hydrogens is 1890 g/mol. The van der Waals surface area contributed by atoms with Gasteiger partial charge < -0.3 is 21.4 Å². The largest absolute Gasteiger partial charge is 1.00 e. The van der Waals surface area contributed by atoms with Crippen molar-refractivity contribution in [2.75, 3.05) is 9.80 Å². The zero-order chi connectivity index (χ0) is 105. The first-order valence-electron chi connectivity index (χ1n) is 56.2. The molecule has 770 valence electrons. The average molecular weight is 2060 g/mol. The summed E-state index contributed by atoms with van der Waals surface area (Å²) in [6.07, 6.45) is 42.1. The van der Waals surface area contributed by atoms with Gasteiger partial charge in [-0.15, -0.1) is 12.0 Å². The number of carbonyl (C=O) groups is 1. The second-order valence-electron chi connectivity index (χ2n) is 47.4. The van der Waals surface area contributed by atoms with Crippen LogP contribution in [0.15, 0.2) is 315 Å². The number of fused-ring (bicyclic) bond motifs is 6. The van der Waals surface area contributed by atoms with Crippen LogP contribution in [0.4, 0.5) is 34.1 Å². The van der Waals surface area contributed by atoms with Gasteiger partial charge in [0.05, 0.1) is 0 Å². The molecule has 16 rings (SSSR count). The van der Waals surface area contributed by atoms with Crippen LogP contribution in [0, 0.1) is 23.8 Å². The molecule has 0 atom stereocenters. The summed E-state index contributed by atoms with van der Waals surface area (Å²) in [5.74, 6) is 6.68. The molecule has 0 heterocycles.